The number of hydrogen-bond acceptors (Lipinski definition) is 8. The SMILES string of the molecule is COc1cc(C(=O)N2CC(OC)C2)ccc1Nc1cc2cc(-c3cnn(CC(C)(C)O)n3)ccc2cn1. The lowest BCUT2D eigenvalue weighted by atomic mass is 10.1. The first-order valence-corrected chi connectivity index (χ1v) is 12.0. The Balaban J connectivity index is 1.35. The number of fused-ring (bicyclic) bond motifs is 1. The molecule has 4 aromatic rings. The molecule has 192 valence electrons. The van der Waals surface area contributed by atoms with Gasteiger partial charge in [0.05, 0.1) is 37.2 Å². The second-order valence-electron chi connectivity index (χ2n) is 9.81. The molecule has 2 aromatic carbocycles. The standard InChI is InChI=1S/C27H30N6O4/c1-27(2,35)16-33-29-13-23(31-33)17-5-6-19-12-28-25(11-20(19)9-17)30-22-8-7-18(10-24(22)37-4)26(34)32-14-21(15-32)36-3/h5-13,21,35H,14-16H2,1-4H3,(H,28,30). The van der Waals surface area contributed by atoms with Crippen LogP contribution in [0, 0.1) is 0 Å². The molecule has 1 aliphatic heterocycles. The van der Waals surface area contributed by atoms with Crippen LogP contribution in [0.4, 0.5) is 11.5 Å². The summed E-state index contributed by atoms with van der Waals surface area (Å²) in [5, 5.41) is 24.1. The van der Waals surface area contributed by atoms with Gasteiger partial charge in [0.1, 0.15) is 17.3 Å². The number of aromatic nitrogens is 4. The average molecular weight is 503 g/mol. The maximum atomic E-state index is 12.7. The number of rotatable bonds is 8. The molecule has 2 N–H and O–H groups in total. The minimum Gasteiger partial charge on any atom is -0.495 e. The van der Waals surface area contributed by atoms with Crippen LogP contribution in [0.15, 0.2) is 54.9 Å². The van der Waals surface area contributed by atoms with Gasteiger partial charge in [-0.3, -0.25) is 4.79 Å². The zero-order chi connectivity index (χ0) is 26.2. The largest absolute Gasteiger partial charge is 0.495 e. The van der Waals surface area contributed by atoms with Crippen molar-refractivity contribution in [1.29, 1.82) is 0 Å². The van der Waals surface area contributed by atoms with E-state index in [1.807, 2.05) is 30.3 Å². The number of carbonyl (C=O) groups is 1. The van der Waals surface area contributed by atoms with Crippen molar-refractivity contribution < 1.29 is 19.4 Å². The van der Waals surface area contributed by atoms with Crippen LogP contribution < -0.4 is 10.1 Å². The Morgan fingerprint density at radius 1 is 1.11 bits per heavy atom. The number of anilines is 2. The third-order valence-electron chi connectivity index (χ3n) is 6.26. The number of ether oxygens (including phenoxy) is 2. The molecule has 0 aliphatic carbocycles. The Kier molecular flexibility index (Phi) is 6.53. The normalized spacial score (nSPS) is 14.0. The van der Waals surface area contributed by atoms with Crippen LogP contribution in [0.5, 0.6) is 5.75 Å². The fraction of sp³-hybridized carbons (Fsp3) is 0.333. The Hall–Kier alpha value is -4.02. The summed E-state index contributed by atoms with van der Waals surface area (Å²) >= 11 is 0. The summed E-state index contributed by atoms with van der Waals surface area (Å²) in [4.78, 5) is 20.5. The van der Waals surface area contributed by atoms with Crippen molar-refractivity contribution in [2.45, 2.75) is 32.1 Å². The molecule has 2 aromatic heterocycles. The second kappa shape index (κ2) is 9.79. The maximum Gasteiger partial charge on any atom is 0.254 e. The molecule has 1 amide bonds. The Morgan fingerprint density at radius 2 is 1.92 bits per heavy atom. The van der Waals surface area contributed by atoms with E-state index in [9.17, 15) is 9.90 Å². The van der Waals surface area contributed by atoms with Crippen molar-refractivity contribution in [2.24, 2.45) is 0 Å². The maximum absolute atomic E-state index is 12.7. The molecule has 5 rings (SSSR count). The number of carbonyl (C=O) groups excluding carboxylic acids is 1. The Labute approximate surface area is 214 Å². The summed E-state index contributed by atoms with van der Waals surface area (Å²) in [6, 6.07) is 13.3. The highest BCUT2D eigenvalue weighted by Gasteiger charge is 2.31. The Bertz CT molecular complexity index is 1440. The molecule has 3 heterocycles. The average Bonchev–Trinajstić information content (AvgIpc) is 3.30. The summed E-state index contributed by atoms with van der Waals surface area (Å²) < 4.78 is 10.8. The predicted molar refractivity (Wildman–Crippen MR) is 140 cm³/mol. The first-order chi connectivity index (χ1) is 17.7. The van der Waals surface area contributed by atoms with Crippen LogP contribution in [0.2, 0.25) is 0 Å². The molecular formula is C27H30N6O4. The molecule has 10 heteroatoms. The van der Waals surface area contributed by atoms with Gasteiger partial charge in [-0.1, -0.05) is 12.1 Å². The zero-order valence-electron chi connectivity index (χ0n) is 21.3. The van der Waals surface area contributed by atoms with Gasteiger partial charge in [0, 0.05) is 42.9 Å². The number of methoxy groups -OCH3 is 2. The highest BCUT2D eigenvalue weighted by atomic mass is 16.5. The number of benzene rings is 2. The molecule has 0 atom stereocenters. The number of amides is 1. The van der Waals surface area contributed by atoms with Crippen LogP contribution in [0.1, 0.15) is 24.2 Å². The Morgan fingerprint density at radius 3 is 2.65 bits per heavy atom. The number of likely N-dealkylation sites (tertiary alicyclic amines) is 1. The molecule has 0 spiro atoms. The van der Waals surface area contributed by atoms with Gasteiger partial charge in [0.25, 0.3) is 5.91 Å². The molecule has 1 fully saturated rings. The molecule has 37 heavy (non-hydrogen) atoms. The summed E-state index contributed by atoms with van der Waals surface area (Å²) in [6.45, 7) is 4.93. The molecule has 10 nitrogen and oxygen atoms in total. The lowest BCUT2D eigenvalue weighted by Gasteiger charge is -2.38. The molecule has 1 aliphatic rings. The van der Waals surface area contributed by atoms with Crippen molar-refractivity contribution >= 4 is 28.2 Å². The van der Waals surface area contributed by atoms with E-state index in [4.69, 9.17) is 9.47 Å². The van der Waals surface area contributed by atoms with E-state index in [0.29, 0.717) is 42.5 Å². The van der Waals surface area contributed by atoms with Crippen molar-refractivity contribution in [2.75, 3.05) is 32.6 Å². The second-order valence-corrected chi connectivity index (χ2v) is 9.81. The number of hydrogen-bond donors (Lipinski definition) is 2. The van der Waals surface area contributed by atoms with E-state index in [1.54, 1.807) is 57.5 Å². The smallest absolute Gasteiger partial charge is 0.254 e. The van der Waals surface area contributed by atoms with Crippen molar-refractivity contribution in [3.05, 3.63) is 60.4 Å². The summed E-state index contributed by atoms with van der Waals surface area (Å²) in [6.07, 6.45) is 3.59. The van der Waals surface area contributed by atoms with Crippen molar-refractivity contribution in [1.82, 2.24) is 24.9 Å². The van der Waals surface area contributed by atoms with E-state index >= 15 is 0 Å². The molecule has 0 unspecified atom stereocenters. The van der Waals surface area contributed by atoms with Gasteiger partial charge < -0.3 is 24.8 Å². The predicted octanol–water partition coefficient (Wildman–Crippen LogP) is 3.49. The van der Waals surface area contributed by atoms with Gasteiger partial charge in [0.15, 0.2) is 0 Å². The number of aliphatic hydroxyl groups is 1. The number of pyridine rings is 1. The molecular weight excluding hydrogens is 472 g/mol. The van der Waals surface area contributed by atoms with Gasteiger partial charge in [0.2, 0.25) is 0 Å². The van der Waals surface area contributed by atoms with E-state index in [1.165, 1.54) is 4.80 Å². The van der Waals surface area contributed by atoms with E-state index in [0.717, 1.165) is 22.0 Å². The molecule has 0 saturated carbocycles. The van der Waals surface area contributed by atoms with Crippen molar-refractivity contribution in [3.63, 3.8) is 0 Å². The topological polar surface area (TPSA) is 115 Å². The van der Waals surface area contributed by atoms with Crippen LogP contribution >= 0.6 is 0 Å². The first-order valence-electron chi connectivity index (χ1n) is 12.0. The quantitative estimate of drug-likeness (QED) is 0.376. The summed E-state index contributed by atoms with van der Waals surface area (Å²) in [7, 11) is 3.23. The van der Waals surface area contributed by atoms with Crippen molar-refractivity contribution in [3.8, 4) is 17.0 Å². The van der Waals surface area contributed by atoms with Gasteiger partial charge in [-0.25, -0.2) is 4.98 Å². The molecule has 0 radical (unpaired) electrons. The summed E-state index contributed by atoms with van der Waals surface area (Å²) in [5.74, 6) is 1.14. The minimum atomic E-state index is -0.902. The van der Waals surface area contributed by atoms with Crippen LogP contribution in [-0.4, -0.2) is 74.9 Å². The van der Waals surface area contributed by atoms with E-state index in [2.05, 4.69) is 20.5 Å². The third-order valence-corrected chi connectivity index (χ3v) is 6.26. The van der Waals surface area contributed by atoms with E-state index in [-0.39, 0.29) is 12.0 Å². The van der Waals surface area contributed by atoms with E-state index < -0.39 is 5.60 Å². The van der Waals surface area contributed by atoms with Gasteiger partial charge in [-0.15, -0.1) is 0 Å². The van der Waals surface area contributed by atoms with Crippen LogP contribution in [0.3, 0.4) is 0 Å². The van der Waals surface area contributed by atoms with Crippen LogP contribution in [0.25, 0.3) is 22.0 Å². The van der Waals surface area contributed by atoms with Gasteiger partial charge >= 0.3 is 0 Å². The third kappa shape index (κ3) is 5.40. The monoisotopic (exact) mass is 502 g/mol. The highest BCUT2D eigenvalue weighted by Crippen LogP contribution is 2.31. The number of nitrogens with one attached hydrogen (secondary N) is 1. The first kappa shape index (κ1) is 24.7. The lowest BCUT2D eigenvalue weighted by Crippen LogP contribution is -2.54. The fourth-order valence-electron chi connectivity index (χ4n) is 4.22. The molecule has 1 saturated heterocycles. The molecule has 0 bridgehead atoms. The summed E-state index contributed by atoms with van der Waals surface area (Å²) in [5.41, 5.74) is 1.99. The number of nitrogens with zero attached hydrogens (tertiary/aromatic N) is 5. The minimum absolute atomic E-state index is 0.0472. The fourth-order valence-corrected chi connectivity index (χ4v) is 4.22. The van der Waals surface area contributed by atoms with Crippen LogP contribution in [-0.2, 0) is 11.3 Å². The van der Waals surface area contributed by atoms with Gasteiger partial charge in [-0.2, -0.15) is 15.0 Å². The zero-order valence-corrected chi connectivity index (χ0v) is 21.3. The van der Waals surface area contributed by atoms with Gasteiger partial charge in [-0.05, 0) is 49.6 Å². The highest BCUT2D eigenvalue weighted by molar-refractivity contribution is 5.96. The lowest BCUT2D eigenvalue weighted by molar-refractivity contribution is -0.0192.